The molecule has 0 spiro atoms. The van der Waals surface area contributed by atoms with Gasteiger partial charge in [-0.25, -0.2) is 4.98 Å². The molecule has 7 nitrogen and oxygen atoms in total. The Balaban J connectivity index is 1.59. The van der Waals surface area contributed by atoms with Gasteiger partial charge in [-0.1, -0.05) is 30.3 Å². The lowest BCUT2D eigenvalue weighted by atomic mass is 10.1. The highest BCUT2D eigenvalue weighted by atomic mass is 16.3. The van der Waals surface area contributed by atoms with Crippen LogP contribution in [0.4, 0.5) is 0 Å². The Bertz CT molecular complexity index is 1040. The molecule has 2 N–H and O–H groups in total. The van der Waals surface area contributed by atoms with E-state index in [0.29, 0.717) is 24.4 Å². The van der Waals surface area contributed by atoms with Crippen LogP contribution in [0.5, 0.6) is 0 Å². The van der Waals surface area contributed by atoms with E-state index in [9.17, 15) is 9.59 Å². The average molecular weight is 376 g/mol. The molecular weight excluding hydrogens is 356 g/mol. The molecule has 2 atom stereocenters. The lowest BCUT2D eigenvalue weighted by Crippen LogP contribution is -2.42. The van der Waals surface area contributed by atoms with E-state index in [2.05, 4.69) is 9.55 Å². The Hall–Kier alpha value is -3.35. The number of nitrogens with two attached hydrogens (primary N) is 1. The summed E-state index contributed by atoms with van der Waals surface area (Å²) in [5.41, 5.74) is 7.69. The lowest BCUT2D eigenvalue weighted by Gasteiger charge is -2.27. The van der Waals surface area contributed by atoms with E-state index in [1.165, 1.54) is 6.26 Å². The molecule has 2 aliphatic heterocycles. The van der Waals surface area contributed by atoms with Gasteiger partial charge in [-0.2, -0.15) is 0 Å². The molecule has 2 aliphatic rings. The number of carbonyl (C=O) groups is 2. The fourth-order valence-corrected chi connectivity index (χ4v) is 4.53. The molecule has 142 valence electrons. The van der Waals surface area contributed by atoms with Gasteiger partial charge in [0, 0.05) is 24.6 Å². The Morgan fingerprint density at radius 1 is 1.07 bits per heavy atom. The van der Waals surface area contributed by atoms with Gasteiger partial charge in [0.05, 0.1) is 18.0 Å². The number of primary amides is 1. The molecule has 2 bridgehead atoms. The quantitative estimate of drug-likeness (QED) is 0.760. The van der Waals surface area contributed by atoms with Crippen LogP contribution < -0.4 is 5.73 Å². The molecule has 0 saturated carbocycles. The summed E-state index contributed by atoms with van der Waals surface area (Å²) in [5, 5.41) is 0. The van der Waals surface area contributed by atoms with Crippen LogP contribution in [0.1, 0.15) is 39.6 Å². The van der Waals surface area contributed by atoms with E-state index in [1.54, 1.807) is 12.1 Å². The van der Waals surface area contributed by atoms with Crippen LogP contribution in [-0.4, -0.2) is 38.3 Å². The lowest BCUT2D eigenvalue weighted by molar-refractivity contribution is 0.0633. The van der Waals surface area contributed by atoms with E-state index >= 15 is 0 Å². The molecule has 7 heteroatoms. The van der Waals surface area contributed by atoms with Gasteiger partial charge in [0.1, 0.15) is 11.5 Å². The maximum Gasteiger partial charge on any atom is 0.290 e. The number of rotatable bonds is 3. The summed E-state index contributed by atoms with van der Waals surface area (Å²) in [6.45, 7) is 0.586. The second-order valence-electron chi connectivity index (χ2n) is 7.35. The summed E-state index contributed by atoms with van der Waals surface area (Å²) in [4.78, 5) is 31.6. The van der Waals surface area contributed by atoms with Crippen molar-refractivity contribution >= 4 is 11.8 Å². The molecule has 1 aromatic carbocycles. The van der Waals surface area contributed by atoms with Crippen molar-refractivity contribution in [2.45, 2.75) is 37.9 Å². The zero-order chi connectivity index (χ0) is 19.3. The first-order chi connectivity index (χ1) is 13.6. The minimum Gasteiger partial charge on any atom is -0.459 e. The van der Waals surface area contributed by atoms with Crippen molar-refractivity contribution in [2.75, 3.05) is 0 Å². The SMILES string of the molecule is NC(=O)c1nc(-c2ccccc2)n2c1CC1CCC(C2)N1C(=O)c1ccco1. The number of hydrogen-bond acceptors (Lipinski definition) is 4. The van der Waals surface area contributed by atoms with Gasteiger partial charge in [-0.15, -0.1) is 0 Å². The molecular formula is C21H20N4O3. The topological polar surface area (TPSA) is 94.4 Å². The molecule has 1 fully saturated rings. The zero-order valence-electron chi connectivity index (χ0n) is 15.2. The number of imidazole rings is 1. The molecule has 2 aromatic heterocycles. The average Bonchev–Trinajstić information content (AvgIpc) is 3.40. The van der Waals surface area contributed by atoms with Gasteiger partial charge < -0.3 is 19.6 Å². The summed E-state index contributed by atoms with van der Waals surface area (Å²) in [6.07, 6.45) is 3.87. The first-order valence-corrected chi connectivity index (χ1v) is 9.44. The van der Waals surface area contributed by atoms with Crippen LogP contribution in [0.2, 0.25) is 0 Å². The van der Waals surface area contributed by atoms with Crippen LogP contribution in [-0.2, 0) is 13.0 Å². The second kappa shape index (κ2) is 6.37. The van der Waals surface area contributed by atoms with Crippen molar-refractivity contribution in [1.29, 1.82) is 0 Å². The maximum absolute atomic E-state index is 13.0. The molecule has 0 radical (unpaired) electrons. The molecule has 4 heterocycles. The summed E-state index contributed by atoms with van der Waals surface area (Å²) < 4.78 is 7.41. The molecule has 5 rings (SSSR count). The Morgan fingerprint density at radius 3 is 2.57 bits per heavy atom. The summed E-state index contributed by atoms with van der Waals surface area (Å²) >= 11 is 0. The van der Waals surface area contributed by atoms with Crippen molar-refractivity contribution in [3.8, 4) is 11.4 Å². The fourth-order valence-electron chi connectivity index (χ4n) is 4.53. The predicted molar refractivity (Wildman–Crippen MR) is 102 cm³/mol. The van der Waals surface area contributed by atoms with Crippen molar-refractivity contribution in [3.05, 3.63) is 65.9 Å². The van der Waals surface area contributed by atoms with Crippen LogP contribution in [0, 0.1) is 0 Å². The number of nitrogens with zero attached hydrogens (tertiary/aromatic N) is 3. The fraction of sp³-hybridized carbons (Fsp3) is 0.286. The van der Waals surface area contributed by atoms with Crippen molar-refractivity contribution < 1.29 is 14.0 Å². The van der Waals surface area contributed by atoms with Crippen LogP contribution in [0.3, 0.4) is 0 Å². The molecule has 1 saturated heterocycles. The van der Waals surface area contributed by atoms with Gasteiger partial charge in [0.15, 0.2) is 5.76 Å². The molecule has 0 aliphatic carbocycles. The molecule has 3 aromatic rings. The third-order valence-electron chi connectivity index (χ3n) is 5.75. The summed E-state index contributed by atoms with van der Waals surface area (Å²) in [5.74, 6) is 0.438. The van der Waals surface area contributed by atoms with E-state index < -0.39 is 5.91 Å². The molecule has 2 unspecified atom stereocenters. The van der Waals surface area contributed by atoms with Gasteiger partial charge >= 0.3 is 0 Å². The van der Waals surface area contributed by atoms with Gasteiger partial charge in [-0.05, 0) is 25.0 Å². The minimum atomic E-state index is -0.535. The van der Waals surface area contributed by atoms with Crippen molar-refractivity contribution in [1.82, 2.24) is 14.5 Å². The largest absolute Gasteiger partial charge is 0.459 e. The smallest absolute Gasteiger partial charge is 0.290 e. The normalized spacial score (nSPS) is 20.6. The van der Waals surface area contributed by atoms with Crippen molar-refractivity contribution in [2.24, 2.45) is 5.73 Å². The third kappa shape index (κ3) is 2.54. The highest BCUT2D eigenvalue weighted by Gasteiger charge is 2.43. The highest BCUT2D eigenvalue weighted by molar-refractivity contribution is 5.94. The number of benzene rings is 1. The minimum absolute atomic E-state index is 0.00210. The number of hydrogen-bond donors (Lipinski definition) is 1. The first kappa shape index (κ1) is 16.8. The van der Waals surface area contributed by atoms with E-state index in [1.807, 2.05) is 35.2 Å². The first-order valence-electron chi connectivity index (χ1n) is 9.44. The summed E-state index contributed by atoms with van der Waals surface area (Å²) in [7, 11) is 0. The van der Waals surface area contributed by atoms with Crippen LogP contribution in [0.25, 0.3) is 11.4 Å². The predicted octanol–water partition coefficient (Wildman–Crippen LogP) is 2.47. The van der Waals surface area contributed by atoms with Gasteiger partial charge in [-0.3, -0.25) is 9.59 Å². The van der Waals surface area contributed by atoms with Crippen LogP contribution >= 0.6 is 0 Å². The Morgan fingerprint density at radius 2 is 1.86 bits per heavy atom. The van der Waals surface area contributed by atoms with Gasteiger partial charge in [0.2, 0.25) is 0 Å². The molecule has 28 heavy (non-hydrogen) atoms. The number of carbonyl (C=O) groups excluding carboxylic acids is 2. The zero-order valence-corrected chi connectivity index (χ0v) is 15.2. The number of fused-ring (bicyclic) bond motifs is 3. The molecule has 2 amide bonds. The third-order valence-corrected chi connectivity index (χ3v) is 5.75. The monoisotopic (exact) mass is 376 g/mol. The van der Waals surface area contributed by atoms with Crippen molar-refractivity contribution in [3.63, 3.8) is 0 Å². The number of amides is 2. The summed E-state index contributed by atoms with van der Waals surface area (Å²) in [6, 6.07) is 13.2. The van der Waals surface area contributed by atoms with E-state index in [0.717, 1.165) is 29.9 Å². The van der Waals surface area contributed by atoms with Crippen LogP contribution in [0.15, 0.2) is 53.1 Å². The Kier molecular flexibility index (Phi) is 3.82. The second-order valence-corrected chi connectivity index (χ2v) is 7.35. The highest BCUT2D eigenvalue weighted by Crippen LogP contribution is 2.36. The number of furan rings is 1. The Labute approximate surface area is 161 Å². The standard InChI is InChI=1S/C21H20N4O3/c22-19(26)18-16-11-14-8-9-15(25(14)21(27)17-7-4-10-28-17)12-24(16)20(23-18)13-5-2-1-3-6-13/h1-7,10,14-15H,8-9,11-12H2,(H2,22,26). The maximum atomic E-state index is 13.0. The van der Waals surface area contributed by atoms with E-state index in [4.69, 9.17) is 10.2 Å². The van der Waals surface area contributed by atoms with E-state index in [-0.39, 0.29) is 18.0 Å². The number of aromatic nitrogens is 2. The van der Waals surface area contributed by atoms with Gasteiger partial charge in [0.25, 0.3) is 11.8 Å².